The predicted octanol–water partition coefficient (Wildman–Crippen LogP) is 1.52. The molecule has 0 aliphatic heterocycles. The van der Waals surface area contributed by atoms with Crippen LogP contribution in [-0.2, 0) is 6.54 Å². The average Bonchev–Trinajstić information content (AvgIpc) is 2.72. The van der Waals surface area contributed by atoms with Gasteiger partial charge in [-0.2, -0.15) is 0 Å². The van der Waals surface area contributed by atoms with Crippen LogP contribution < -0.4 is 11.1 Å². The molecule has 0 radical (unpaired) electrons. The lowest BCUT2D eigenvalue weighted by Crippen LogP contribution is -2.18. The number of nitrogens with two attached hydrogens (primary N) is 1. The number of carbonyl (C=O) groups is 1. The first-order chi connectivity index (χ1) is 8.70. The van der Waals surface area contributed by atoms with Gasteiger partial charge in [-0.1, -0.05) is 6.92 Å². The summed E-state index contributed by atoms with van der Waals surface area (Å²) in [5.41, 5.74) is 6.80. The molecule has 0 unspecified atom stereocenters. The summed E-state index contributed by atoms with van der Waals surface area (Å²) < 4.78 is 1.83. The molecule has 0 aliphatic carbocycles. The molecule has 0 fully saturated rings. The largest absolute Gasteiger partial charge is 0.397 e. The highest BCUT2D eigenvalue weighted by molar-refractivity contribution is 6.02. The molecule has 3 N–H and O–H groups in total. The maximum absolute atomic E-state index is 12.1. The van der Waals surface area contributed by atoms with E-state index >= 15 is 0 Å². The summed E-state index contributed by atoms with van der Waals surface area (Å²) in [6.07, 6.45) is 5.82. The van der Waals surface area contributed by atoms with Crippen LogP contribution in [0.15, 0.2) is 30.7 Å². The highest BCUT2D eigenvalue weighted by atomic mass is 16.2. The number of aryl methyl sites for hydroxylation is 1. The van der Waals surface area contributed by atoms with Gasteiger partial charge in [0.15, 0.2) is 0 Å². The third-order valence-corrected chi connectivity index (χ3v) is 2.41. The van der Waals surface area contributed by atoms with Gasteiger partial charge in [-0.15, -0.1) is 0 Å². The maximum atomic E-state index is 12.1. The minimum Gasteiger partial charge on any atom is -0.397 e. The Bertz CT molecular complexity index is 535. The van der Waals surface area contributed by atoms with Crippen LogP contribution in [0, 0.1) is 0 Å². The van der Waals surface area contributed by atoms with E-state index in [-0.39, 0.29) is 11.9 Å². The number of hydrogen-bond acceptors (Lipinski definition) is 4. The van der Waals surface area contributed by atoms with Gasteiger partial charge in [0.2, 0.25) is 5.95 Å². The summed E-state index contributed by atoms with van der Waals surface area (Å²) in [6.45, 7) is 2.79. The molecule has 6 heteroatoms. The van der Waals surface area contributed by atoms with Gasteiger partial charge in [-0.05, 0) is 18.6 Å². The molecule has 94 valence electrons. The number of hydrogen-bond donors (Lipinski definition) is 2. The fourth-order valence-electron chi connectivity index (χ4n) is 1.68. The van der Waals surface area contributed by atoms with E-state index in [2.05, 4.69) is 15.3 Å². The first kappa shape index (κ1) is 12.1. The van der Waals surface area contributed by atoms with E-state index in [1.54, 1.807) is 30.7 Å². The fourth-order valence-corrected chi connectivity index (χ4v) is 1.68. The van der Waals surface area contributed by atoms with E-state index in [9.17, 15) is 4.79 Å². The molecule has 18 heavy (non-hydrogen) atoms. The molecule has 0 spiro atoms. The quantitative estimate of drug-likeness (QED) is 0.855. The lowest BCUT2D eigenvalue weighted by molar-refractivity contribution is 0.101. The standard InChI is InChI=1S/C12H15N5O/c1-2-6-17-8-9(13)7-10(17)11(18)16-12-14-4-3-5-15-12/h3-5,7-8H,2,6,13H2,1H3,(H,14,15,16,18). The Hall–Kier alpha value is -2.37. The topological polar surface area (TPSA) is 85.8 Å². The number of nitrogens with one attached hydrogen (secondary N) is 1. The Kier molecular flexibility index (Phi) is 3.57. The molecule has 0 aromatic carbocycles. The third kappa shape index (κ3) is 2.65. The SMILES string of the molecule is CCCn1cc(N)cc1C(=O)Nc1ncccn1. The highest BCUT2D eigenvalue weighted by Gasteiger charge is 2.13. The summed E-state index contributed by atoms with van der Waals surface area (Å²) in [4.78, 5) is 19.9. The third-order valence-electron chi connectivity index (χ3n) is 2.41. The van der Waals surface area contributed by atoms with Gasteiger partial charge in [0, 0.05) is 25.1 Å². The van der Waals surface area contributed by atoms with Gasteiger partial charge in [0.05, 0.1) is 5.69 Å². The minimum atomic E-state index is -0.258. The zero-order valence-corrected chi connectivity index (χ0v) is 10.1. The van der Waals surface area contributed by atoms with Crippen molar-refractivity contribution in [2.24, 2.45) is 0 Å². The number of aromatic nitrogens is 3. The van der Waals surface area contributed by atoms with Crippen molar-refractivity contribution in [1.82, 2.24) is 14.5 Å². The van der Waals surface area contributed by atoms with Crippen LogP contribution in [0.2, 0.25) is 0 Å². The number of rotatable bonds is 4. The molecule has 0 bridgehead atoms. The van der Waals surface area contributed by atoms with Crippen molar-refractivity contribution in [1.29, 1.82) is 0 Å². The van der Waals surface area contributed by atoms with Crippen molar-refractivity contribution in [2.75, 3.05) is 11.1 Å². The van der Waals surface area contributed by atoms with Crippen molar-refractivity contribution in [3.05, 3.63) is 36.4 Å². The molecule has 2 rings (SSSR count). The van der Waals surface area contributed by atoms with Gasteiger partial charge in [0.1, 0.15) is 5.69 Å². The number of anilines is 2. The molecule has 6 nitrogen and oxygen atoms in total. The van der Waals surface area contributed by atoms with Crippen LogP contribution in [-0.4, -0.2) is 20.4 Å². The second-order valence-corrected chi connectivity index (χ2v) is 3.88. The first-order valence-corrected chi connectivity index (χ1v) is 5.74. The van der Waals surface area contributed by atoms with Gasteiger partial charge in [-0.3, -0.25) is 10.1 Å². The van der Waals surface area contributed by atoms with Crippen LogP contribution in [0.25, 0.3) is 0 Å². The monoisotopic (exact) mass is 245 g/mol. The minimum absolute atomic E-state index is 0.258. The van der Waals surface area contributed by atoms with Crippen LogP contribution in [0.5, 0.6) is 0 Å². The van der Waals surface area contributed by atoms with E-state index in [0.717, 1.165) is 13.0 Å². The summed E-state index contributed by atoms with van der Waals surface area (Å²) in [7, 11) is 0. The Labute approximate surface area is 105 Å². The molecule has 0 atom stereocenters. The lowest BCUT2D eigenvalue weighted by Gasteiger charge is -2.07. The van der Waals surface area contributed by atoms with Crippen molar-refractivity contribution in [3.8, 4) is 0 Å². The summed E-state index contributed by atoms with van der Waals surface area (Å²) in [5, 5.41) is 2.63. The molecule has 0 saturated carbocycles. The molecule has 0 aliphatic rings. The predicted molar refractivity (Wildman–Crippen MR) is 69.1 cm³/mol. The van der Waals surface area contributed by atoms with Gasteiger partial charge >= 0.3 is 0 Å². The molecular weight excluding hydrogens is 230 g/mol. The lowest BCUT2D eigenvalue weighted by atomic mass is 10.3. The number of amides is 1. The normalized spacial score (nSPS) is 10.3. The zero-order chi connectivity index (χ0) is 13.0. The van der Waals surface area contributed by atoms with Crippen LogP contribution in [0.3, 0.4) is 0 Å². The van der Waals surface area contributed by atoms with E-state index < -0.39 is 0 Å². The Morgan fingerprint density at radius 3 is 2.83 bits per heavy atom. The van der Waals surface area contributed by atoms with E-state index in [1.165, 1.54) is 0 Å². The average molecular weight is 245 g/mol. The van der Waals surface area contributed by atoms with Crippen LogP contribution in [0.4, 0.5) is 11.6 Å². The van der Waals surface area contributed by atoms with Crippen molar-refractivity contribution >= 4 is 17.5 Å². The molecular formula is C12H15N5O. The van der Waals surface area contributed by atoms with E-state index in [1.807, 2.05) is 11.5 Å². The summed E-state index contributed by atoms with van der Waals surface area (Å²) in [6, 6.07) is 3.33. The van der Waals surface area contributed by atoms with Crippen molar-refractivity contribution in [2.45, 2.75) is 19.9 Å². The first-order valence-electron chi connectivity index (χ1n) is 5.74. The number of nitrogens with zero attached hydrogens (tertiary/aromatic N) is 3. The Morgan fingerprint density at radius 1 is 1.44 bits per heavy atom. The van der Waals surface area contributed by atoms with Gasteiger partial charge < -0.3 is 10.3 Å². The second kappa shape index (κ2) is 5.31. The van der Waals surface area contributed by atoms with Gasteiger partial charge in [0.25, 0.3) is 5.91 Å². The number of carbonyl (C=O) groups excluding carboxylic acids is 1. The summed E-state index contributed by atoms with van der Waals surface area (Å²) >= 11 is 0. The zero-order valence-electron chi connectivity index (χ0n) is 10.1. The van der Waals surface area contributed by atoms with Crippen LogP contribution >= 0.6 is 0 Å². The van der Waals surface area contributed by atoms with E-state index in [0.29, 0.717) is 11.4 Å². The Balaban J connectivity index is 2.18. The van der Waals surface area contributed by atoms with Crippen molar-refractivity contribution < 1.29 is 4.79 Å². The van der Waals surface area contributed by atoms with E-state index in [4.69, 9.17) is 5.73 Å². The second-order valence-electron chi connectivity index (χ2n) is 3.88. The number of nitrogen functional groups attached to an aromatic ring is 1. The van der Waals surface area contributed by atoms with Crippen molar-refractivity contribution in [3.63, 3.8) is 0 Å². The smallest absolute Gasteiger partial charge is 0.274 e. The Morgan fingerprint density at radius 2 is 2.17 bits per heavy atom. The molecule has 2 aromatic heterocycles. The van der Waals surface area contributed by atoms with Crippen LogP contribution in [0.1, 0.15) is 23.8 Å². The van der Waals surface area contributed by atoms with Gasteiger partial charge in [-0.25, -0.2) is 9.97 Å². The molecule has 2 heterocycles. The summed E-state index contributed by atoms with van der Waals surface area (Å²) in [5.74, 6) is 0.0247. The molecule has 2 aromatic rings. The highest BCUT2D eigenvalue weighted by Crippen LogP contribution is 2.12. The fraction of sp³-hybridized carbons (Fsp3) is 0.250. The molecule has 0 saturated heterocycles. The maximum Gasteiger partial charge on any atom is 0.274 e. The molecule has 1 amide bonds.